The molecule has 0 radical (unpaired) electrons. The molecule has 2 heterocycles. The topological polar surface area (TPSA) is 68.2 Å². The maximum Gasteiger partial charge on any atom is 0.250 e. The minimum Gasteiger partial charge on any atom is -0.366 e. The number of morpholine rings is 1. The second-order valence-electron chi connectivity index (χ2n) is 4.20. The molecule has 0 aromatic carbocycles. The van der Waals surface area contributed by atoms with Crippen molar-refractivity contribution in [1.29, 1.82) is 0 Å². The van der Waals surface area contributed by atoms with Crippen LogP contribution in [0.25, 0.3) is 0 Å². The summed E-state index contributed by atoms with van der Waals surface area (Å²) in [7, 11) is 0. The number of carbonyl (C=O) groups excluding carboxylic acids is 1. The number of hydrogen-bond acceptors (Lipinski definition) is 4. The molecule has 1 aliphatic heterocycles. The molecule has 1 saturated heterocycles. The molecule has 17 heavy (non-hydrogen) atoms. The number of nitrogens with zero attached hydrogens (tertiary/aromatic N) is 2. The molecule has 2 rings (SSSR count). The maximum absolute atomic E-state index is 11.8. The van der Waals surface area contributed by atoms with E-state index in [4.69, 9.17) is 4.74 Å². The molecule has 0 spiro atoms. The first-order valence-electron chi connectivity index (χ1n) is 5.86. The molecule has 0 saturated carbocycles. The molecule has 1 aromatic heterocycles. The highest BCUT2D eigenvalue weighted by Crippen LogP contribution is 1.98. The van der Waals surface area contributed by atoms with Crippen molar-refractivity contribution in [2.75, 3.05) is 19.7 Å². The quantitative estimate of drug-likeness (QED) is 0.733. The van der Waals surface area contributed by atoms with E-state index in [0.29, 0.717) is 19.7 Å². The summed E-state index contributed by atoms with van der Waals surface area (Å²) >= 11 is 0. The van der Waals surface area contributed by atoms with Gasteiger partial charge in [0.15, 0.2) is 0 Å². The first-order chi connectivity index (χ1) is 8.25. The smallest absolute Gasteiger partial charge is 0.250 e. The molecule has 1 aliphatic rings. The summed E-state index contributed by atoms with van der Waals surface area (Å²) in [6.07, 6.45) is 3.23. The lowest BCUT2D eigenvalue weighted by Gasteiger charge is -2.24. The zero-order valence-corrected chi connectivity index (χ0v) is 9.93. The molecule has 1 amide bonds. The van der Waals surface area contributed by atoms with Crippen molar-refractivity contribution in [3.05, 3.63) is 18.5 Å². The zero-order valence-electron chi connectivity index (χ0n) is 9.93. The van der Waals surface area contributed by atoms with Crippen LogP contribution < -0.4 is 10.6 Å². The Balaban J connectivity index is 1.77. The zero-order chi connectivity index (χ0) is 12.1. The number of amides is 1. The van der Waals surface area contributed by atoms with E-state index in [1.54, 1.807) is 10.9 Å². The highest BCUT2D eigenvalue weighted by molar-refractivity contribution is 5.81. The van der Waals surface area contributed by atoms with Crippen molar-refractivity contribution in [2.24, 2.45) is 0 Å². The molecule has 94 valence electrons. The minimum absolute atomic E-state index is 0.0351. The average molecular weight is 238 g/mol. The fraction of sp³-hybridized carbons (Fsp3) is 0.636. The second-order valence-corrected chi connectivity index (χ2v) is 4.20. The summed E-state index contributed by atoms with van der Waals surface area (Å²) < 4.78 is 7.18. The van der Waals surface area contributed by atoms with E-state index in [1.807, 2.05) is 19.2 Å². The number of nitrogens with one attached hydrogen (secondary N) is 2. The van der Waals surface area contributed by atoms with Gasteiger partial charge in [0.1, 0.15) is 6.10 Å². The average Bonchev–Trinajstić information content (AvgIpc) is 2.82. The monoisotopic (exact) mass is 238 g/mol. The molecule has 0 aliphatic carbocycles. The highest BCUT2D eigenvalue weighted by atomic mass is 16.5. The molecule has 0 bridgehead atoms. The number of aromatic nitrogens is 2. The van der Waals surface area contributed by atoms with Crippen molar-refractivity contribution in [1.82, 2.24) is 20.4 Å². The van der Waals surface area contributed by atoms with Crippen molar-refractivity contribution in [2.45, 2.75) is 25.6 Å². The minimum atomic E-state index is -0.371. The predicted octanol–water partition coefficient (Wildman–Crippen LogP) is -0.624. The van der Waals surface area contributed by atoms with E-state index in [9.17, 15) is 4.79 Å². The van der Waals surface area contributed by atoms with Gasteiger partial charge in [-0.25, -0.2) is 0 Å². The fourth-order valence-corrected chi connectivity index (χ4v) is 1.80. The van der Waals surface area contributed by atoms with Gasteiger partial charge in [-0.3, -0.25) is 9.48 Å². The van der Waals surface area contributed by atoms with Crippen molar-refractivity contribution < 1.29 is 9.53 Å². The van der Waals surface area contributed by atoms with E-state index in [-0.39, 0.29) is 18.1 Å². The summed E-state index contributed by atoms with van der Waals surface area (Å²) in [6.45, 7) is 4.60. The summed E-state index contributed by atoms with van der Waals surface area (Å²) in [5.74, 6) is -0.0585. The Bertz CT molecular complexity index is 346. The van der Waals surface area contributed by atoms with Crippen molar-refractivity contribution in [3.63, 3.8) is 0 Å². The van der Waals surface area contributed by atoms with Gasteiger partial charge in [-0.05, 0) is 13.0 Å². The van der Waals surface area contributed by atoms with Gasteiger partial charge in [0, 0.05) is 31.5 Å². The van der Waals surface area contributed by atoms with Crippen LogP contribution in [0.1, 0.15) is 6.92 Å². The van der Waals surface area contributed by atoms with E-state index in [2.05, 4.69) is 15.7 Å². The number of carbonyl (C=O) groups is 1. The molecule has 2 N–H and O–H groups in total. The van der Waals surface area contributed by atoms with Crippen LogP contribution in [-0.4, -0.2) is 47.5 Å². The number of rotatable bonds is 4. The lowest BCUT2D eigenvalue weighted by molar-refractivity contribution is -0.134. The van der Waals surface area contributed by atoms with Gasteiger partial charge in [0.2, 0.25) is 0 Å². The molecule has 6 nitrogen and oxygen atoms in total. The maximum atomic E-state index is 11.8. The van der Waals surface area contributed by atoms with Gasteiger partial charge in [-0.2, -0.15) is 5.10 Å². The molecule has 6 heteroatoms. The predicted molar refractivity (Wildman–Crippen MR) is 62.4 cm³/mol. The van der Waals surface area contributed by atoms with Gasteiger partial charge in [0.25, 0.3) is 5.91 Å². The first kappa shape index (κ1) is 12.1. The lowest BCUT2D eigenvalue weighted by Crippen LogP contribution is -2.50. The largest absolute Gasteiger partial charge is 0.366 e. The fourth-order valence-electron chi connectivity index (χ4n) is 1.80. The van der Waals surface area contributed by atoms with Crippen LogP contribution in [0.5, 0.6) is 0 Å². The Morgan fingerprint density at radius 1 is 1.76 bits per heavy atom. The van der Waals surface area contributed by atoms with Crippen LogP contribution in [0.4, 0.5) is 0 Å². The third-order valence-corrected chi connectivity index (χ3v) is 2.63. The molecule has 1 aromatic rings. The van der Waals surface area contributed by atoms with Gasteiger partial charge >= 0.3 is 0 Å². The standard InChI is InChI=1S/C11H18N4O2/c1-9(8-15-5-2-3-13-15)14-11(16)10-7-12-4-6-17-10/h2-3,5,9-10,12H,4,6-8H2,1H3,(H,14,16). The van der Waals surface area contributed by atoms with Crippen LogP contribution >= 0.6 is 0 Å². The Hall–Kier alpha value is -1.40. The first-order valence-corrected chi connectivity index (χ1v) is 5.86. The lowest BCUT2D eigenvalue weighted by atomic mass is 10.2. The van der Waals surface area contributed by atoms with Crippen LogP contribution in [0.15, 0.2) is 18.5 Å². The third kappa shape index (κ3) is 3.54. The van der Waals surface area contributed by atoms with Crippen LogP contribution in [0.3, 0.4) is 0 Å². The Labute approximate surface area is 100 Å². The Morgan fingerprint density at radius 3 is 3.29 bits per heavy atom. The van der Waals surface area contributed by atoms with Gasteiger partial charge in [-0.1, -0.05) is 0 Å². The normalized spacial score (nSPS) is 22.1. The second kappa shape index (κ2) is 5.79. The molecule has 2 atom stereocenters. The molecular formula is C11H18N4O2. The van der Waals surface area contributed by atoms with Crippen LogP contribution in [0, 0.1) is 0 Å². The van der Waals surface area contributed by atoms with E-state index in [1.165, 1.54) is 0 Å². The van der Waals surface area contributed by atoms with Gasteiger partial charge < -0.3 is 15.4 Å². The van der Waals surface area contributed by atoms with E-state index in [0.717, 1.165) is 6.54 Å². The van der Waals surface area contributed by atoms with Crippen LogP contribution in [0.2, 0.25) is 0 Å². The van der Waals surface area contributed by atoms with Crippen molar-refractivity contribution >= 4 is 5.91 Å². The van der Waals surface area contributed by atoms with Gasteiger partial charge in [0.05, 0.1) is 13.2 Å². The van der Waals surface area contributed by atoms with Crippen LogP contribution in [-0.2, 0) is 16.1 Å². The molecular weight excluding hydrogens is 220 g/mol. The van der Waals surface area contributed by atoms with Gasteiger partial charge in [-0.15, -0.1) is 0 Å². The van der Waals surface area contributed by atoms with E-state index < -0.39 is 0 Å². The van der Waals surface area contributed by atoms with Crippen molar-refractivity contribution in [3.8, 4) is 0 Å². The summed E-state index contributed by atoms with van der Waals surface area (Å²) in [5.41, 5.74) is 0. The summed E-state index contributed by atoms with van der Waals surface area (Å²) in [6, 6.07) is 1.90. The summed E-state index contributed by atoms with van der Waals surface area (Å²) in [5, 5.41) is 10.2. The molecule has 2 unspecified atom stereocenters. The molecule has 1 fully saturated rings. The number of hydrogen-bond donors (Lipinski definition) is 2. The third-order valence-electron chi connectivity index (χ3n) is 2.63. The summed E-state index contributed by atoms with van der Waals surface area (Å²) in [4.78, 5) is 11.8. The highest BCUT2D eigenvalue weighted by Gasteiger charge is 2.22. The van der Waals surface area contributed by atoms with E-state index >= 15 is 0 Å². The SMILES string of the molecule is CC(Cn1cccn1)NC(=O)C1CNCCO1. The number of ether oxygens (including phenoxy) is 1. The Morgan fingerprint density at radius 2 is 2.65 bits per heavy atom. The Kier molecular flexibility index (Phi) is 4.11.